The van der Waals surface area contributed by atoms with Crippen LogP contribution in [0.5, 0.6) is 5.75 Å². The zero-order valence-electron chi connectivity index (χ0n) is 11.4. The van der Waals surface area contributed by atoms with Crippen molar-refractivity contribution in [2.24, 2.45) is 0 Å². The van der Waals surface area contributed by atoms with Crippen molar-refractivity contribution in [3.63, 3.8) is 0 Å². The number of hydrogen-bond acceptors (Lipinski definition) is 4. The van der Waals surface area contributed by atoms with Crippen LogP contribution < -0.4 is 5.32 Å². The second-order valence-electron chi connectivity index (χ2n) is 4.67. The van der Waals surface area contributed by atoms with E-state index in [9.17, 15) is 19.8 Å². The average Bonchev–Trinajstić information content (AvgIpc) is 2.86. The Balaban J connectivity index is 2.09. The third-order valence-corrected chi connectivity index (χ3v) is 4.06. The molecule has 21 heavy (non-hydrogen) atoms. The molecule has 0 fully saturated rings. The minimum Gasteiger partial charge on any atom is -0.508 e. The van der Waals surface area contributed by atoms with Gasteiger partial charge in [0.25, 0.3) is 5.91 Å². The lowest BCUT2D eigenvalue weighted by Crippen LogP contribution is -2.42. The highest BCUT2D eigenvalue weighted by Crippen LogP contribution is 2.16. The van der Waals surface area contributed by atoms with E-state index in [1.807, 2.05) is 6.07 Å². The molecule has 5 nitrogen and oxygen atoms in total. The molecule has 110 valence electrons. The molecule has 1 heterocycles. The molecular formula is C15H15NO4S. The summed E-state index contributed by atoms with van der Waals surface area (Å²) in [7, 11) is 0. The van der Waals surface area contributed by atoms with E-state index in [1.54, 1.807) is 24.4 Å². The Morgan fingerprint density at radius 3 is 2.43 bits per heavy atom. The monoisotopic (exact) mass is 305 g/mol. The van der Waals surface area contributed by atoms with Crippen LogP contribution in [0.3, 0.4) is 0 Å². The van der Waals surface area contributed by atoms with Crippen LogP contribution in [-0.4, -0.2) is 28.1 Å². The highest BCUT2D eigenvalue weighted by atomic mass is 32.1. The van der Waals surface area contributed by atoms with Crippen LogP contribution in [0, 0.1) is 6.92 Å². The van der Waals surface area contributed by atoms with Gasteiger partial charge < -0.3 is 15.5 Å². The van der Waals surface area contributed by atoms with Gasteiger partial charge in [0, 0.05) is 6.42 Å². The summed E-state index contributed by atoms with van der Waals surface area (Å²) in [5.74, 6) is -1.36. The standard InChI is InChI=1S/C15H15NO4S/c1-9-6-7-21-13(9)14(18)16-12(15(19)20)8-10-2-4-11(17)5-3-10/h2-7,12,17H,8H2,1H3,(H,16,18)(H,19,20). The normalized spacial score (nSPS) is 11.9. The first-order valence-electron chi connectivity index (χ1n) is 6.33. The molecule has 0 spiro atoms. The second kappa shape index (κ2) is 6.41. The summed E-state index contributed by atoms with van der Waals surface area (Å²) in [6.07, 6.45) is 0.159. The van der Waals surface area contributed by atoms with Gasteiger partial charge in [-0.25, -0.2) is 4.79 Å². The quantitative estimate of drug-likeness (QED) is 0.790. The van der Waals surface area contributed by atoms with Crippen LogP contribution in [0.1, 0.15) is 20.8 Å². The summed E-state index contributed by atoms with van der Waals surface area (Å²) in [5.41, 5.74) is 1.55. The number of aliphatic carboxylic acids is 1. The first-order valence-corrected chi connectivity index (χ1v) is 7.21. The van der Waals surface area contributed by atoms with E-state index in [-0.39, 0.29) is 18.1 Å². The third kappa shape index (κ3) is 3.82. The van der Waals surface area contributed by atoms with E-state index in [4.69, 9.17) is 0 Å². The fourth-order valence-electron chi connectivity index (χ4n) is 1.90. The number of aryl methyl sites for hydroxylation is 1. The van der Waals surface area contributed by atoms with Gasteiger partial charge in [-0.05, 0) is 41.6 Å². The van der Waals surface area contributed by atoms with Crippen LogP contribution in [0.2, 0.25) is 0 Å². The smallest absolute Gasteiger partial charge is 0.326 e. The summed E-state index contributed by atoms with van der Waals surface area (Å²) in [5, 5.41) is 22.8. The number of thiophene rings is 1. The molecule has 0 aliphatic rings. The topological polar surface area (TPSA) is 86.6 Å². The van der Waals surface area contributed by atoms with E-state index in [1.165, 1.54) is 23.5 Å². The van der Waals surface area contributed by atoms with Gasteiger partial charge in [0.1, 0.15) is 11.8 Å². The Morgan fingerprint density at radius 1 is 1.24 bits per heavy atom. The minimum absolute atomic E-state index is 0.115. The molecule has 1 atom stereocenters. The van der Waals surface area contributed by atoms with E-state index < -0.39 is 12.0 Å². The lowest BCUT2D eigenvalue weighted by Gasteiger charge is -2.14. The molecule has 0 saturated heterocycles. The highest BCUT2D eigenvalue weighted by molar-refractivity contribution is 7.12. The Hall–Kier alpha value is -2.34. The summed E-state index contributed by atoms with van der Waals surface area (Å²) in [6.45, 7) is 1.81. The van der Waals surface area contributed by atoms with Gasteiger partial charge in [-0.2, -0.15) is 0 Å². The maximum absolute atomic E-state index is 12.1. The van der Waals surface area contributed by atoms with Crippen LogP contribution in [0.25, 0.3) is 0 Å². The number of rotatable bonds is 5. The largest absolute Gasteiger partial charge is 0.508 e. The molecule has 0 bridgehead atoms. The Bertz CT molecular complexity index is 648. The number of amides is 1. The maximum Gasteiger partial charge on any atom is 0.326 e. The molecule has 0 aliphatic heterocycles. The Labute approximate surface area is 125 Å². The maximum atomic E-state index is 12.1. The van der Waals surface area contributed by atoms with Crippen LogP contribution >= 0.6 is 11.3 Å². The molecule has 1 aromatic heterocycles. The fourth-order valence-corrected chi connectivity index (χ4v) is 2.73. The first kappa shape index (κ1) is 15.1. The van der Waals surface area contributed by atoms with Crippen molar-refractivity contribution in [1.82, 2.24) is 5.32 Å². The molecule has 2 rings (SSSR count). The molecule has 3 N–H and O–H groups in total. The van der Waals surface area contributed by atoms with Gasteiger partial charge in [-0.1, -0.05) is 12.1 Å². The summed E-state index contributed by atoms with van der Waals surface area (Å²) >= 11 is 1.28. The first-order chi connectivity index (χ1) is 9.97. The van der Waals surface area contributed by atoms with Crippen LogP contribution in [-0.2, 0) is 11.2 Å². The van der Waals surface area contributed by atoms with Crippen LogP contribution in [0.4, 0.5) is 0 Å². The number of phenolic OH excluding ortho intramolecular Hbond substituents is 1. The fraction of sp³-hybridized carbons (Fsp3) is 0.200. The SMILES string of the molecule is Cc1ccsc1C(=O)NC(Cc1ccc(O)cc1)C(=O)O. The molecule has 6 heteroatoms. The summed E-state index contributed by atoms with van der Waals surface area (Å²) < 4.78 is 0. The molecule has 1 unspecified atom stereocenters. The number of carbonyl (C=O) groups is 2. The van der Waals surface area contributed by atoms with E-state index >= 15 is 0 Å². The number of phenols is 1. The van der Waals surface area contributed by atoms with Crippen molar-refractivity contribution in [3.05, 3.63) is 51.7 Å². The lowest BCUT2D eigenvalue weighted by atomic mass is 10.1. The highest BCUT2D eigenvalue weighted by Gasteiger charge is 2.22. The predicted molar refractivity (Wildman–Crippen MR) is 79.8 cm³/mol. The number of carboxylic acid groups (broad SMARTS) is 1. The number of carboxylic acids is 1. The predicted octanol–water partition coefficient (Wildman–Crippen LogP) is 2.19. The molecular weight excluding hydrogens is 290 g/mol. The number of benzene rings is 1. The van der Waals surface area contributed by atoms with Gasteiger partial charge in [-0.15, -0.1) is 11.3 Å². The number of nitrogens with one attached hydrogen (secondary N) is 1. The Morgan fingerprint density at radius 2 is 1.90 bits per heavy atom. The van der Waals surface area contributed by atoms with Crippen LogP contribution in [0.15, 0.2) is 35.7 Å². The minimum atomic E-state index is -1.09. The van der Waals surface area contributed by atoms with Crippen molar-refractivity contribution in [2.45, 2.75) is 19.4 Å². The number of carbonyl (C=O) groups excluding carboxylic acids is 1. The zero-order valence-corrected chi connectivity index (χ0v) is 12.2. The molecule has 0 radical (unpaired) electrons. The van der Waals surface area contributed by atoms with Crippen molar-refractivity contribution in [1.29, 1.82) is 0 Å². The van der Waals surface area contributed by atoms with E-state index in [0.29, 0.717) is 4.88 Å². The number of aromatic hydroxyl groups is 1. The molecule has 1 amide bonds. The van der Waals surface area contributed by atoms with Crippen molar-refractivity contribution in [3.8, 4) is 5.75 Å². The molecule has 1 aromatic carbocycles. The van der Waals surface area contributed by atoms with Gasteiger partial charge in [-0.3, -0.25) is 4.79 Å². The third-order valence-electron chi connectivity index (χ3n) is 3.05. The van der Waals surface area contributed by atoms with Crippen molar-refractivity contribution >= 4 is 23.2 Å². The van der Waals surface area contributed by atoms with Crippen molar-refractivity contribution in [2.75, 3.05) is 0 Å². The van der Waals surface area contributed by atoms with E-state index in [2.05, 4.69) is 5.32 Å². The van der Waals surface area contributed by atoms with Gasteiger partial charge >= 0.3 is 5.97 Å². The van der Waals surface area contributed by atoms with Crippen molar-refractivity contribution < 1.29 is 19.8 Å². The van der Waals surface area contributed by atoms with E-state index in [0.717, 1.165) is 11.1 Å². The van der Waals surface area contributed by atoms with Gasteiger partial charge in [0.05, 0.1) is 4.88 Å². The summed E-state index contributed by atoms with van der Waals surface area (Å²) in [4.78, 5) is 23.9. The molecule has 0 aliphatic carbocycles. The lowest BCUT2D eigenvalue weighted by molar-refractivity contribution is -0.139. The average molecular weight is 305 g/mol. The Kier molecular flexibility index (Phi) is 4.59. The number of hydrogen-bond donors (Lipinski definition) is 3. The zero-order chi connectivity index (χ0) is 15.4. The molecule has 2 aromatic rings. The molecule has 0 saturated carbocycles. The second-order valence-corrected chi connectivity index (χ2v) is 5.58. The van der Waals surface area contributed by atoms with Gasteiger partial charge in [0.15, 0.2) is 0 Å². The van der Waals surface area contributed by atoms with Gasteiger partial charge in [0.2, 0.25) is 0 Å². The summed E-state index contributed by atoms with van der Waals surface area (Å²) in [6, 6.07) is 7.04.